The van der Waals surface area contributed by atoms with Crippen LogP contribution in [0.3, 0.4) is 0 Å². The van der Waals surface area contributed by atoms with Gasteiger partial charge in [0.1, 0.15) is 6.54 Å². The lowest BCUT2D eigenvalue weighted by atomic mass is 10.1. The van der Waals surface area contributed by atoms with Crippen LogP contribution < -0.4 is 11.3 Å². The highest BCUT2D eigenvalue weighted by Gasteiger charge is 2.09. The van der Waals surface area contributed by atoms with E-state index in [4.69, 9.17) is 5.73 Å². The molecule has 1 amide bonds. The first kappa shape index (κ1) is 11.4. The molecule has 0 saturated heterocycles. The van der Waals surface area contributed by atoms with Gasteiger partial charge in [-0.15, -0.1) is 0 Å². The lowest BCUT2D eigenvalue weighted by molar-refractivity contribution is -0.118. The van der Waals surface area contributed by atoms with Crippen molar-refractivity contribution in [2.75, 3.05) is 0 Å². The number of aryl methyl sites for hydroxylation is 2. The van der Waals surface area contributed by atoms with Gasteiger partial charge in [-0.25, -0.2) is 0 Å². The van der Waals surface area contributed by atoms with E-state index in [1.165, 1.54) is 10.6 Å². The molecule has 0 atom stereocenters. The van der Waals surface area contributed by atoms with Crippen molar-refractivity contribution >= 4 is 16.8 Å². The zero-order chi connectivity index (χ0) is 12.6. The molecule has 0 fully saturated rings. The highest BCUT2D eigenvalue weighted by molar-refractivity contribution is 5.86. The van der Waals surface area contributed by atoms with E-state index in [-0.39, 0.29) is 12.1 Å². The molecule has 1 aromatic heterocycles. The number of primary amides is 1. The van der Waals surface area contributed by atoms with Crippen LogP contribution >= 0.6 is 0 Å². The molecule has 4 nitrogen and oxygen atoms in total. The van der Waals surface area contributed by atoms with Crippen molar-refractivity contribution < 1.29 is 4.79 Å². The molecule has 2 rings (SSSR count). The quantitative estimate of drug-likeness (QED) is 0.839. The molecule has 0 radical (unpaired) electrons. The summed E-state index contributed by atoms with van der Waals surface area (Å²) in [7, 11) is 0. The number of benzene rings is 1. The zero-order valence-corrected chi connectivity index (χ0v) is 9.86. The summed E-state index contributed by atoms with van der Waals surface area (Å²) in [6.45, 7) is 3.72. The van der Waals surface area contributed by atoms with E-state index < -0.39 is 5.91 Å². The highest BCUT2D eigenvalue weighted by atomic mass is 16.2. The third-order valence-corrected chi connectivity index (χ3v) is 2.85. The van der Waals surface area contributed by atoms with Gasteiger partial charge >= 0.3 is 0 Å². The van der Waals surface area contributed by atoms with Gasteiger partial charge in [0, 0.05) is 11.5 Å². The number of fused-ring (bicyclic) bond motifs is 1. The number of carbonyl (C=O) groups is 1. The standard InChI is InChI=1S/C13H14N2O2/c1-8-4-3-5-10-9(2)6-12(17)15(13(8)10)7-11(14)16/h3-6H,7H2,1-2H3,(H2,14,16). The van der Waals surface area contributed by atoms with Crippen molar-refractivity contribution in [1.82, 2.24) is 4.57 Å². The first-order valence-electron chi connectivity index (χ1n) is 5.39. The molecule has 0 spiro atoms. The molecule has 2 N–H and O–H groups in total. The van der Waals surface area contributed by atoms with Crippen LogP contribution in [0, 0.1) is 13.8 Å². The Morgan fingerprint density at radius 3 is 2.65 bits per heavy atom. The van der Waals surface area contributed by atoms with E-state index in [9.17, 15) is 9.59 Å². The highest BCUT2D eigenvalue weighted by Crippen LogP contribution is 2.19. The monoisotopic (exact) mass is 230 g/mol. The first-order valence-corrected chi connectivity index (χ1v) is 5.39. The minimum atomic E-state index is -0.513. The van der Waals surface area contributed by atoms with Crippen LogP contribution in [0.25, 0.3) is 10.9 Å². The van der Waals surface area contributed by atoms with Crippen LogP contribution in [-0.2, 0) is 11.3 Å². The Labute approximate surface area is 98.7 Å². The predicted molar refractivity (Wildman–Crippen MR) is 66.9 cm³/mol. The SMILES string of the molecule is Cc1cc(=O)n(CC(N)=O)c2c(C)cccc12. The van der Waals surface area contributed by atoms with E-state index in [1.54, 1.807) is 0 Å². The Morgan fingerprint density at radius 1 is 1.29 bits per heavy atom. The number of hydrogen-bond donors (Lipinski definition) is 1. The molecule has 0 saturated carbocycles. The van der Waals surface area contributed by atoms with E-state index in [0.717, 1.165) is 22.0 Å². The predicted octanol–water partition coefficient (Wildman–Crippen LogP) is 1.10. The van der Waals surface area contributed by atoms with E-state index >= 15 is 0 Å². The summed E-state index contributed by atoms with van der Waals surface area (Å²) in [5.41, 5.74) is 7.64. The number of aromatic nitrogens is 1. The van der Waals surface area contributed by atoms with Gasteiger partial charge in [-0.1, -0.05) is 18.2 Å². The average Bonchev–Trinajstić information content (AvgIpc) is 2.24. The fourth-order valence-electron chi connectivity index (χ4n) is 2.10. The summed E-state index contributed by atoms with van der Waals surface area (Å²) >= 11 is 0. The van der Waals surface area contributed by atoms with Gasteiger partial charge < -0.3 is 5.73 Å². The molecule has 0 aliphatic rings. The molecule has 1 heterocycles. The summed E-state index contributed by atoms with van der Waals surface area (Å²) in [5, 5.41) is 0.978. The van der Waals surface area contributed by atoms with Crippen molar-refractivity contribution in [1.29, 1.82) is 0 Å². The number of hydrogen-bond acceptors (Lipinski definition) is 2. The van der Waals surface area contributed by atoms with Crippen molar-refractivity contribution in [3.05, 3.63) is 45.7 Å². The van der Waals surface area contributed by atoms with Gasteiger partial charge in [-0.3, -0.25) is 14.2 Å². The van der Waals surface area contributed by atoms with E-state index in [1.807, 2.05) is 32.0 Å². The largest absolute Gasteiger partial charge is 0.368 e. The number of amides is 1. The first-order chi connectivity index (χ1) is 8.00. The van der Waals surface area contributed by atoms with Crippen molar-refractivity contribution in [2.45, 2.75) is 20.4 Å². The maximum atomic E-state index is 11.9. The van der Waals surface area contributed by atoms with Crippen LogP contribution in [0.1, 0.15) is 11.1 Å². The minimum Gasteiger partial charge on any atom is -0.368 e. The lowest BCUT2D eigenvalue weighted by Gasteiger charge is -2.12. The summed E-state index contributed by atoms with van der Waals surface area (Å²) in [4.78, 5) is 22.9. The van der Waals surface area contributed by atoms with Gasteiger partial charge in [-0.2, -0.15) is 0 Å². The Hall–Kier alpha value is -2.10. The van der Waals surface area contributed by atoms with Gasteiger partial charge in [0.25, 0.3) is 5.56 Å². The zero-order valence-electron chi connectivity index (χ0n) is 9.86. The number of pyridine rings is 1. The summed E-state index contributed by atoms with van der Waals surface area (Å²) in [6.07, 6.45) is 0. The second-order valence-corrected chi connectivity index (χ2v) is 4.19. The van der Waals surface area contributed by atoms with Crippen molar-refractivity contribution in [2.24, 2.45) is 5.73 Å². The van der Waals surface area contributed by atoms with E-state index in [2.05, 4.69) is 0 Å². The Kier molecular flexibility index (Phi) is 2.71. The van der Waals surface area contributed by atoms with Gasteiger partial charge in [-0.05, 0) is 25.0 Å². The van der Waals surface area contributed by atoms with E-state index in [0.29, 0.717) is 0 Å². The molecule has 2 aromatic rings. The molecule has 1 aromatic carbocycles. The molecule has 17 heavy (non-hydrogen) atoms. The molecular weight excluding hydrogens is 216 g/mol. The smallest absolute Gasteiger partial charge is 0.251 e. The second kappa shape index (κ2) is 4.05. The minimum absolute atomic E-state index is 0.0829. The Morgan fingerprint density at radius 2 is 2.00 bits per heavy atom. The average molecular weight is 230 g/mol. The molecule has 0 aliphatic carbocycles. The number of para-hydroxylation sites is 1. The lowest BCUT2D eigenvalue weighted by Crippen LogP contribution is -2.28. The second-order valence-electron chi connectivity index (χ2n) is 4.19. The topological polar surface area (TPSA) is 65.1 Å². The maximum Gasteiger partial charge on any atom is 0.251 e. The molecule has 0 aliphatic heterocycles. The van der Waals surface area contributed by atoms with Gasteiger partial charge in [0.2, 0.25) is 5.91 Å². The van der Waals surface area contributed by atoms with Gasteiger partial charge in [0.15, 0.2) is 0 Å². The van der Waals surface area contributed by atoms with Crippen LogP contribution in [0.5, 0.6) is 0 Å². The summed E-state index contributed by atoms with van der Waals surface area (Å²) in [5.74, 6) is -0.513. The Balaban J connectivity index is 2.90. The van der Waals surface area contributed by atoms with Crippen LogP contribution in [-0.4, -0.2) is 10.5 Å². The third-order valence-electron chi connectivity index (χ3n) is 2.85. The molecule has 0 bridgehead atoms. The summed E-state index contributed by atoms with van der Waals surface area (Å²) < 4.78 is 1.43. The van der Waals surface area contributed by atoms with Crippen LogP contribution in [0.4, 0.5) is 0 Å². The van der Waals surface area contributed by atoms with Crippen LogP contribution in [0.15, 0.2) is 29.1 Å². The maximum absolute atomic E-state index is 11.9. The van der Waals surface area contributed by atoms with Crippen molar-refractivity contribution in [3.8, 4) is 0 Å². The summed E-state index contributed by atoms with van der Waals surface area (Å²) in [6, 6.07) is 7.32. The van der Waals surface area contributed by atoms with Crippen molar-refractivity contribution in [3.63, 3.8) is 0 Å². The molecule has 4 heteroatoms. The number of nitrogens with zero attached hydrogens (tertiary/aromatic N) is 1. The fourth-order valence-corrected chi connectivity index (χ4v) is 2.10. The molecule has 88 valence electrons. The molecular formula is C13H14N2O2. The molecule has 0 unspecified atom stereocenters. The number of nitrogens with two attached hydrogens (primary N) is 1. The van der Waals surface area contributed by atoms with Crippen LogP contribution in [0.2, 0.25) is 0 Å². The fraction of sp³-hybridized carbons (Fsp3) is 0.231. The normalized spacial score (nSPS) is 10.7. The third kappa shape index (κ3) is 1.93. The van der Waals surface area contributed by atoms with Gasteiger partial charge in [0.05, 0.1) is 5.52 Å². The Bertz CT molecular complexity index is 656. The number of rotatable bonds is 2. The number of carbonyl (C=O) groups excluding carboxylic acids is 1.